The van der Waals surface area contributed by atoms with Crippen molar-refractivity contribution in [3.63, 3.8) is 0 Å². The molecule has 0 radical (unpaired) electrons. The summed E-state index contributed by atoms with van der Waals surface area (Å²) < 4.78 is 33.0. The minimum absolute atomic E-state index is 0.00122. The van der Waals surface area contributed by atoms with Crippen molar-refractivity contribution >= 4 is 51.0 Å². The fourth-order valence-corrected chi connectivity index (χ4v) is 4.79. The number of benzene rings is 3. The average molecular weight is 518 g/mol. The highest BCUT2D eigenvalue weighted by molar-refractivity contribution is 7.92. The van der Waals surface area contributed by atoms with Crippen LogP contribution in [0.1, 0.15) is 5.56 Å². The molecule has 0 bridgehead atoms. The van der Waals surface area contributed by atoms with Crippen molar-refractivity contribution in [3.05, 3.63) is 101 Å². The van der Waals surface area contributed by atoms with Gasteiger partial charge in [-0.25, -0.2) is 13.8 Å². The Morgan fingerprint density at radius 1 is 1.06 bits per heavy atom. The first-order valence-electron chi connectivity index (χ1n) is 10.0. The van der Waals surface area contributed by atoms with Crippen LogP contribution in [0.4, 0.5) is 5.69 Å². The van der Waals surface area contributed by atoms with E-state index in [2.05, 4.69) is 17.1 Å². The number of rotatable bonds is 10. The van der Waals surface area contributed by atoms with Gasteiger partial charge >= 0.3 is 0 Å². The van der Waals surface area contributed by atoms with Gasteiger partial charge in [0.2, 0.25) is 0 Å². The molecule has 0 atom stereocenters. The van der Waals surface area contributed by atoms with E-state index in [0.29, 0.717) is 17.9 Å². The number of carbonyl (C=O) groups is 1. The number of ether oxygens (including phenoxy) is 1. The summed E-state index contributed by atoms with van der Waals surface area (Å²) in [7, 11) is -4.13. The van der Waals surface area contributed by atoms with Crippen molar-refractivity contribution in [3.8, 4) is 5.75 Å². The van der Waals surface area contributed by atoms with E-state index in [1.54, 1.807) is 54.6 Å². The van der Waals surface area contributed by atoms with E-state index in [1.165, 1.54) is 30.5 Å². The minimum atomic E-state index is -4.13. The normalized spacial score (nSPS) is 11.2. The Hall–Kier alpha value is -3.33. The monoisotopic (exact) mass is 517 g/mol. The van der Waals surface area contributed by atoms with Crippen LogP contribution in [0.2, 0.25) is 10.0 Å². The van der Waals surface area contributed by atoms with E-state index in [9.17, 15) is 13.2 Å². The highest BCUT2D eigenvalue weighted by atomic mass is 35.5. The summed E-state index contributed by atoms with van der Waals surface area (Å²) in [5.74, 6) is -0.0586. The molecule has 0 spiro atoms. The fraction of sp³-hybridized carbons (Fsp3) is 0.0833. The van der Waals surface area contributed by atoms with Gasteiger partial charge in [-0.15, -0.1) is 0 Å². The van der Waals surface area contributed by atoms with Gasteiger partial charge in [-0.05, 0) is 42.0 Å². The Bertz CT molecular complexity index is 1300. The maximum Gasteiger partial charge on any atom is 0.264 e. The Kier molecular flexibility index (Phi) is 8.70. The molecule has 176 valence electrons. The van der Waals surface area contributed by atoms with Gasteiger partial charge < -0.3 is 4.74 Å². The third-order valence-electron chi connectivity index (χ3n) is 4.45. The van der Waals surface area contributed by atoms with Crippen LogP contribution in [-0.4, -0.2) is 33.7 Å². The highest BCUT2D eigenvalue weighted by Gasteiger charge is 2.29. The first-order valence-corrected chi connectivity index (χ1v) is 12.2. The molecule has 0 unspecified atom stereocenters. The van der Waals surface area contributed by atoms with E-state index in [4.69, 9.17) is 27.9 Å². The Morgan fingerprint density at radius 2 is 1.79 bits per heavy atom. The van der Waals surface area contributed by atoms with Crippen LogP contribution in [0.25, 0.3) is 0 Å². The molecular weight excluding hydrogens is 497 g/mol. The predicted octanol–water partition coefficient (Wildman–Crippen LogP) is 4.90. The smallest absolute Gasteiger partial charge is 0.264 e. The molecule has 0 aliphatic carbocycles. The molecule has 0 aliphatic heterocycles. The van der Waals surface area contributed by atoms with Crippen LogP contribution in [0.5, 0.6) is 5.75 Å². The molecular formula is C24H21Cl2N3O4S. The Morgan fingerprint density at radius 3 is 2.53 bits per heavy atom. The molecule has 0 saturated heterocycles. The molecule has 10 heteroatoms. The SMILES string of the molecule is C=CCOc1cccc(/C=N\NC(=O)CN(c2cccc(Cl)c2Cl)S(=O)(=O)c2ccccc2)c1. The zero-order chi connectivity index (χ0) is 24.6. The largest absolute Gasteiger partial charge is 0.490 e. The second kappa shape index (κ2) is 11.7. The summed E-state index contributed by atoms with van der Waals surface area (Å²) in [6.45, 7) is 3.38. The molecule has 0 heterocycles. The topological polar surface area (TPSA) is 88.1 Å². The van der Waals surface area contributed by atoms with Gasteiger partial charge in [0.05, 0.1) is 26.8 Å². The van der Waals surface area contributed by atoms with Gasteiger partial charge in [-0.1, -0.05) is 72.3 Å². The first-order chi connectivity index (χ1) is 16.3. The minimum Gasteiger partial charge on any atom is -0.490 e. The lowest BCUT2D eigenvalue weighted by molar-refractivity contribution is -0.119. The maximum absolute atomic E-state index is 13.3. The molecule has 34 heavy (non-hydrogen) atoms. The van der Waals surface area contributed by atoms with Gasteiger partial charge in [-0.3, -0.25) is 9.10 Å². The quantitative estimate of drug-likeness (QED) is 0.235. The van der Waals surface area contributed by atoms with Gasteiger partial charge in [0.1, 0.15) is 18.9 Å². The van der Waals surface area contributed by atoms with Crippen molar-refractivity contribution in [1.82, 2.24) is 5.43 Å². The molecule has 3 aromatic rings. The lowest BCUT2D eigenvalue weighted by Gasteiger charge is -2.24. The van der Waals surface area contributed by atoms with E-state index in [1.807, 2.05) is 0 Å². The van der Waals surface area contributed by atoms with Gasteiger partial charge in [-0.2, -0.15) is 5.10 Å². The van der Waals surface area contributed by atoms with Gasteiger partial charge in [0, 0.05) is 0 Å². The summed E-state index contributed by atoms with van der Waals surface area (Å²) in [5.41, 5.74) is 3.09. The van der Waals surface area contributed by atoms with Crippen LogP contribution in [0.3, 0.4) is 0 Å². The molecule has 0 fully saturated rings. The van der Waals surface area contributed by atoms with Crippen molar-refractivity contribution < 1.29 is 17.9 Å². The van der Waals surface area contributed by atoms with Gasteiger partial charge in [0.25, 0.3) is 15.9 Å². The summed E-state index contributed by atoms with van der Waals surface area (Å²) in [5, 5.41) is 4.09. The molecule has 3 aromatic carbocycles. The summed E-state index contributed by atoms with van der Waals surface area (Å²) in [6.07, 6.45) is 3.05. The van der Waals surface area contributed by atoms with Crippen LogP contribution >= 0.6 is 23.2 Å². The number of amides is 1. The number of nitrogens with zero attached hydrogens (tertiary/aromatic N) is 2. The third kappa shape index (κ3) is 6.38. The zero-order valence-electron chi connectivity index (χ0n) is 17.9. The van der Waals surface area contributed by atoms with E-state index in [0.717, 1.165) is 4.31 Å². The van der Waals surface area contributed by atoms with Crippen LogP contribution in [0.15, 0.2) is 95.4 Å². The van der Waals surface area contributed by atoms with Crippen molar-refractivity contribution in [1.29, 1.82) is 0 Å². The highest BCUT2D eigenvalue weighted by Crippen LogP contribution is 2.35. The number of nitrogens with one attached hydrogen (secondary N) is 1. The van der Waals surface area contributed by atoms with Crippen molar-refractivity contribution in [2.24, 2.45) is 5.10 Å². The number of sulfonamides is 1. The molecule has 7 nitrogen and oxygen atoms in total. The zero-order valence-corrected chi connectivity index (χ0v) is 20.2. The number of hydrogen-bond acceptors (Lipinski definition) is 5. The molecule has 0 aromatic heterocycles. The number of anilines is 1. The van der Waals surface area contributed by atoms with E-state index >= 15 is 0 Å². The van der Waals surface area contributed by atoms with Crippen LogP contribution < -0.4 is 14.5 Å². The molecule has 0 saturated carbocycles. The van der Waals surface area contributed by atoms with Crippen LogP contribution in [-0.2, 0) is 14.8 Å². The number of hydrazone groups is 1. The lowest BCUT2D eigenvalue weighted by atomic mass is 10.2. The number of carbonyl (C=O) groups excluding carboxylic acids is 1. The Balaban J connectivity index is 1.81. The first kappa shape index (κ1) is 25.3. The summed E-state index contributed by atoms with van der Waals surface area (Å²) in [6, 6.07) is 19.3. The Labute approximate surface area is 208 Å². The third-order valence-corrected chi connectivity index (χ3v) is 7.03. The standard InChI is InChI=1S/C24H21Cl2N3O4S/c1-2-14-33-19-9-6-8-18(15-19)16-27-28-23(30)17-29(22-13-7-12-21(25)24(22)26)34(31,32)20-10-4-3-5-11-20/h2-13,15-16H,1,14,17H2,(H,28,30)/b27-16-. The lowest BCUT2D eigenvalue weighted by Crippen LogP contribution is -2.39. The average Bonchev–Trinajstić information content (AvgIpc) is 2.84. The fourth-order valence-electron chi connectivity index (χ4n) is 2.89. The summed E-state index contributed by atoms with van der Waals surface area (Å²) >= 11 is 12.4. The maximum atomic E-state index is 13.3. The van der Waals surface area contributed by atoms with Crippen molar-refractivity contribution in [2.75, 3.05) is 17.5 Å². The second-order valence-electron chi connectivity index (χ2n) is 6.86. The van der Waals surface area contributed by atoms with Crippen molar-refractivity contribution in [2.45, 2.75) is 4.90 Å². The van der Waals surface area contributed by atoms with E-state index in [-0.39, 0.29) is 20.6 Å². The number of hydrogen-bond donors (Lipinski definition) is 1. The predicted molar refractivity (Wildman–Crippen MR) is 135 cm³/mol. The molecule has 1 amide bonds. The van der Waals surface area contributed by atoms with E-state index < -0.39 is 22.5 Å². The van der Waals surface area contributed by atoms with Crippen LogP contribution in [0, 0.1) is 0 Å². The molecule has 1 N–H and O–H groups in total. The van der Waals surface area contributed by atoms with Gasteiger partial charge in [0.15, 0.2) is 0 Å². The molecule has 0 aliphatic rings. The number of halogens is 2. The summed E-state index contributed by atoms with van der Waals surface area (Å²) in [4.78, 5) is 12.7. The second-order valence-corrected chi connectivity index (χ2v) is 9.51. The molecule has 3 rings (SSSR count).